The molecule has 0 radical (unpaired) electrons. The van der Waals surface area contributed by atoms with Crippen molar-refractivity contribution in [3.8, 4) is 17.4 Å². The fraction of sp³-hybridized carbons (Fsp3) is 0.550. The van der Waals surface area contributed by atoms with Gasteiger partial charge < -0.3 is 4.74 Å². The zero-order valence-electron chi connectivity index (χ0n) is 15.4. The molecule has 2 aromatic rings. The van der Waals surface area contributed by atoms with Crippen molar-refractivity contribution in [3.05, 3.63) is 29.3 Å². The van der Waals surface area contributed by atoms with Gasteiger partial charge in [-0.1, -0.05) is 63.3 Å². The van der Waals surface area contributed by atoms with E-state index in [1.807, 2.05) is 18.2 Å². The van der Waals surface area contributed by atoms with E-state index >= 15 is 0 Å². The minimum absolute atomic E-state index is 0.0567. The molecule has 26 heavy (non-hydrogen) atoms. The van der Waals surface area contributed by atoms with Gasteiger partial charge in [0.1, 0.15) is 0 Å². The van der Waals surface area contributed by atoms with Crippen LogP contribution in [-0.2, 0) is 0 Å². The molecule has 6 heteroatoms. The molecule has 1 fully saturated rings. The molecule has 3 rings (SSSR count). The number of hydrogen-bond donors (Lipinski definition) is 0. The highest BCUT2D eigenvalue weighted by atomic mass is 35.5. The Morgan fingerprint density at radius 3 is 2.73 bits per heavy atom. The third-order valence-electron chi connectivity index (χ3n) is 4.73. The molecule has 1 aliphatic carbocycles. The Morgan fingerprint density at radius 1 is 1.31 bits per heavy atom. The Hall–Kier alpha value is -1.88. The summed E-state index contributed by atoms with van der Waals surface area (Å²) in [5.41, 5.74) is 0.690. The molecular formula is C20H26ClN3O2. The summed E-state index contributed by atoms with van der Waals surface area (Å²) in [6.45, 7) is 4.61. The van der Waals surface area contributed by atoms with Crippen molar-refractivity contribution in [2.24, 2.45) is 11.8 Å². The molecule has 140 valence electrons. The smallest absolute Gasteiger partial charge is 0.336 e. The molecule has 1 aliphatic rings. The van der Waals surface area contributed by atoms with Crippen LogP contribution in [0.4, 0.5) is 0 Å². The van der Waals surface area contributed by atoms with Gasteiger partial charge in [0.15, 0.2) is 5.82 Å². The summed E-state index contributed by atoms with van der Waals surface area (Å²) in [6, 6.07) is 7.58. The molecule has 1 aromatic heterocycles. The lowest BCUT2D eigenvalue weighted by Gasteiger charge is -2.09. The zero-order valence-corrected chi connectivity index (χ0v) is 16.2. The van der Waals surface area contributed by atoms with Gasteiger partial charge in [0.25, 0.3) is 0 Å². The Morgan fingerprint density at radius 2 is 2.04 bits per heavy atom. The lowest BCUT2D eigenvalue weighted by Crippen LogP contribution is -2.15. The largest absolute Gasteiger partial charge is 0.462 e. The first kappa shape index (κ1) is 18.9. The number of carbonyl (C=O) groups is 1. The van der Waals surface area contributed by atoms with E-state index in [2.05, 4.69) is 23.9 Å². The third-order valence-corrected chi connectivity index (χ3v) is 5.06. The fourth-order valence-electron chi connectivity index (χ4n) is 3.32. The Labute approximate surface area is 159 Å². The van der Waals surface area contributed by atoms with Crippen LogP contribution in [0.1, 0.15) is 57.2 Å². The molecule has 1 aromatic carbocycles. The van der Waals surface area contributed by atoms with E-state index in [1.54, 1.807) is 6.07 Å². The Bertz CT molecular complexity index is 751. The van der Waals surface area contributed by atoms with E-state index in [-0.39, 0.29) is 11.9 Å². The molecule has 1 saturated carbocycles. The summed E-state index contributed by atoms with van der Waals surface area (Å²) in [6.07, 6.45) is 6.38. The molecule has 0 unspecified atom stereocenters. The van der Waals surface area contributed by atoms with Crippen LogP contribution < -0.4 is 4.74 Å². The highest BCUT2D eigenvalue weighted by Gasteiger charge is 2.22. The predicted octanol–water partition coefficient (Wildman–Crippen LogP) is 5.24. The van der Waals surface area contributed by atoms with Crippen molar-refractivity contribution in [1.82, 2.24) is 14.8 Å². The SMILES string of the molecule is CC(C)COc1nc(-c2ccccc2Cl)n(C(=O)CCC2CCCC2)n1. The molecule has 0 N–H and O–H groups in total. The van der Waals surface area contributed by atoms with E-state index in [1.165, 1.54) is 30.4 Å². The first-order valence-corrected chi connectivity index (χ1v) is 9.80. The molecule has 0 atom stereocenters. The molecular weight excluding hydrogens is 350 g/mol. The maximum absolute atomic E-state index is 12.8. The summed E-state index contributed by atoms with van der Waals surface area (Å²) in [7, 11) is 0. The van der Waals surface area contributed by atoms with E-state index < -0.39 is 0 Å². The normalized spacial score (nSPS) is 14.9. The number of aromatic nitrogens is 3. The Kier molecular flexibility index (Phi) is 6.30. The van der Waals surface area contributed by atoms with Gasteiger partial charge >= 0.3 is 6.01 Å². The number of rotatable bonds is 7. The zero-order chi connectivity index (χ0) is 18.5. The summed E-state index contributed by atoms with van der Waals surface area (Å²) < 4.78 is 7.01. The quantitative estimate of drug-likeness (QED) is 0.663. The second kappa shape index (κ2) is 8.67. The van der Waals surface area contributed by atoms with Crippen molar-refractivity contribution in [2.45, 2.75) is 52.4 Å². The van der Waals surface area contributed by atoms with Crippen LogP contribution >= 0.6 is 11.6 Å². The second-order valence-electron chi connectivity index (χ2n) is 7.40. The van der Waals surface area contributed by atoms with E-state index in [4.69, 9.17) is 16.3 Å². The summed E-state index contributed by atoms with van der Waals surface area (Å²) in [5, 5.41) is 4.86. The van der Waals surface area contributed by atoms with Crippen LogP contribution in [0.5, 0.6) is 6.01 Å². The van der Waals surface area contributed by atoms with Crippen molar-refractivity contribution in [3.63, 3.8) is 0 Å². The van der Waals surface area contributed by atoms with Gasteiger partial charge in [-0.05, 0) is 30.4 Å². The average molecular weight is 376 g/mol. The maximum atomic E-state index is 12.8. The number of benzene rings is 1. The molecule has 0 bridgehead atoms. The predicted molar refractivity (Wildman–Crippen MR) is 103 cm³/mol. The maximum Gasteiger partial charge on any atom is 0.336 e. The van der Waals surface area contributed by atoms with E-state index in [0.29, 0.717) is 41.3 Å². The molecule has 5 nitrogen and oxygen atoms in total. The minimum atomic E-state index is -0.0567. The van der Waals surface area contributed by atoms with Gasteiger partial charge in [0.05, 0.1) is 11.6 Å². The van der Waals surface area contributed by atoms with Crippen LogP contribution in [0.25, 0.3) is 11.4 Å². The topological polar surface area (TPSA) is 57.0 Å². The standard InChI is InChI=1S/C20H26ClN3O2/c1-14(2)13-26-20-22-19(16-9-5-6-10-17(16)21)24(23-20)18(25)12-11-15-7-3-4-8-15/h5-6,9-10,14-15H,3-4,7-8,11-13H2,1-2H3. The van der Waals surface area contributed by atoms with Crippen LogP contribution in [0.2, 0.25) is 5.02 Å². The molecule has 1 heterocycles. The highest BCUT2D eigenvalue weighted by Crippen LogP contribution is 2.30. The molecule has 0 saturated heterocycles. The van der Waals surface area contributed by atoms with Gasteiger partial charge in [0.2, 0.25) is 5.91 Å². The summed E-state index contributed by atoms with van der Waals surface area (Å²) in [4.78, 5) is 17.3. The van der Waals surface area contributed by atoms with Crippen molar-refractivity contribution >= 4 is 17.5 Å². The lowest BCUT2D eigenvalue weighted by molar-refractivity contribution is 0.0877. The van der Waals surface area contributed by atoms with Gasteiger partial charge in [-0.25, -0.2) is 0 Å². The molecule has 0 aliphatic heterocycles. The number of carbonyl (C=O) groups excluding carboxylic acids is 1. The van der Waals surface area contributed by atoms with Crippen LogP contribution in [-0.4, -0.2) is 27.3 Å². The summed E-state index contributed by atoms with van der Waals surface area (Å²) >= 11 is 6.32. The number of nitrogens with zero attached hydrogens (tertiary/aromatic N) is 3. The second-order valence-corrected chi connectivity index (χ2v) is 7.80. The average Bonchev–Trinajstić information content (AvgIpc) is 3.28. The van der Waals surface area contributed by atoms with Crippen molar-refractivity contribution < 1.29 is 9.53 Å². The fourth-order valence-corrected chi connectivity index (χ4v) is 3.54. The van der Waals surface area contributed by atoms with Crippen LogP contribution in [0.3, 0.4) is 0 Å². The number of halogens is 1. The van der Waals surface area contributed by atoms with Gasteiger partial charge in [0, 0.05) is 12.0 Å². The first-order chi connectivity index (χ1) is 12.5. The van der Waals surface area contributed by atoms with Crippen molar-refractivity contribution in [1.29, 1.82) is 0 Å². The lowest BCUT2D eigenvalue weighted by atomic mass is 10.0. The van der Waals surface area contributed by atoms with E-state index in [9.17, 15) is 4.79 Å². The van der Waals surface area contributed by atoms with Crippen LogP contribution in [0, 0.1) is 11.8 Å². The van der Waals surface area contributed by atoms with Gasteiger partial charge in [-0.3, -0.25) is 4.79 Å². The summed E-state index contributed by atoms with van der Waals surface area (Å²) in [5.74, 6) is 1.40. The first-order valence-electron chi connectivity index (χ1n) is 9.42. The number of ether oxygens (including phenoxy) is 1. The van der Waals surface area contributed by atoms with Gasteiger partial charge in [-0.15, -0.1) is 5.10 Å². The van der Waals surface area contributed by atoms with Crippen molar-refractivity contribution in [2.75, 3.05) is 6.61 Å². The van der Waals surface area contributed by atoms with Crippen LogP contribution in [0.15, 0.2) is 24.3 Å². The van der Waals surface area contributed by atoms with E-state index in [0.717, 1.165) is 6.42 Å². The molecule has 0 amide bonds. The third kappa shape index (κ3) is 4.64. The number of hydrogen-bond acceptors (Lipinski definition) is 4. The Balaban J connectivity index is 1.83. The van der Waals surface area contributed by atoms with Gasteiger partial charge in [-0.2, -0.15) is 9.67 Å². The monoisotopic (exact) mass is 375 g/mol. The molecule has 0 spiro atoms. The highest BCUT2D eigenvalue weighted by molar-refractivity contribution is 6.33. The minimum Gasteiger partial charge on any atom is -0.462 e.